The predicted molar refractivity (Wildman–Crippen MR) is 80.6 cm³/mol. The molecule has 3 heteroatoms. The van der Waals surface area contributed by atoms with Crippen molar-refractivity contribution in [3.8, 4) is 0 Å². The van der Waals surface area contributed by atoms with E-state index >= 15 is 0 Å². The molecule has 0 spiro atoms. The Bertz CT molecular complexity index is 397. The molecule has 3 nitrogen and oxygen atoms in total. The van der Waals surface area contributed by atoms with E-state index in [-0.39, 0.29) is 6.42 Å². The smallest absolute Gasteiger partial charge is 0.304 e. The normalized spacial score (nSPS) is 17.1. The SMILES string of the molecule is O=C(O)CCN(Cc1ccccc1)C1CCCCCC1. The average molecular weight is 275 g/mol. The summed E-state index contributed by atoms with van der Waals surface area (Å²) in [5.41, 5.74) is 1.28. The van der Waals surface area contributed by atoms with E-state index in [0.29, 0.717) is 12.6 Å². The maximum absolute atomic E-state index is 10.9. The van der Waals surface area contributed by atoms with Gasteiger partial charge in [0.2, 0.25) is 0 Å². The second-order valence-corrected chi connectivity index (χ2v) is 5.75. The minimum absolute atomic E-state index is 0.239. The summed E-state index contributed by atoms with van der Waals surface area (Å²) < 4.78 is 0. The van der Waals surface area contributed by atoms with E-state index in [9.17, 15) is 4.79 Å². The van der Waals surface area contributed by atoms with Gasteiger partial charge >= 0.3 is 5.97 Å². The van der Waals surface area contributed by atoms with E-state index in [1.54, 1.807) is 0 Å². The number of nitrogens with zero attached hydrogens (tertiary/aromatic N) is 1. The van der Waals surface area contributed by atoms with Crippen LogP contribution in [0.3, 0.4) is 0 Å². The fraction of sp³-hybridized carbons (Fsp3) is 0.588. The van der Waals surface area contributed by atoms with Crippen molar-refractivity contribution in [3.05, 3.63) is 35.9 Å². The van der Waals surface area contributed by atoms with Crippen LogP contribution >= 0.6 is 0 Å². The molecule has 0 radical (unpaired) electrons. The molecule has 1 aliphatic carbocycles. The lowest BCUT2D eigenvalue weighted by Gasteiger charge is -2.30. The van der Waals surface area contributed by atoms with Crippen molar-refractivity contribution < 1.29 is 9.90 Å². The zero-order valence-electron chi connectivity index (χ0n) is 12.1. The van der Waals surface area contributed by atoms with Crippen LogP contribution in [0.25, 0.3) is 0 Å². The zero-order chi connectivity index (χ0) is 14.2. The molecular formula is C17H25NO2. The summed E-state index contributed by atoms with van der Waals surface area (Å²) in [5, 5.41) is 8.96. The lowest BCUT2D eigenvalue weighted by molar-refractivity contribution is -0.137. The Morgan fingerprint density at radius 2 is 1.75 bits per heavy atom. The van der Waals surface area contributed by atoms with Gasteiger partial charge < -0.3 is 5.11 Å². The Hall–Kier alpha value is -1.35. The van der Waals surface area contributed by atoms with E-state index in [4.69, 9.17) is 5.11 Å². The molecule has 0 atom stereocenters. The van der Waals surface area contributed by atoms with E-state index in [1.165, 1.54) is 44.1 Å². The van der Waals surface area contributed by atoms with Crippen LogP contribution in [0.15, 0.2) is 30.3 Å². The van der Waals surface area contributed by atoms with Gasteiger partial charge in [-0.3, -0.25) is 9.69 Å². The summed E-state index contributed by atoms with van der Waals surface area (Å²) >= 11 is 0. The van der Waals surface area contributed by atoms with Gasteiger partial charge in [-0.25, -0.2) is 0 Å². The van der Waals surface area contributed by atoms with Crippen LogP contribution in [0.5, 0.6) is 0 Å². The van der Waals surface area contributed by atoms with Crippen LogP contribution in [0.4, 0.5) is 0 Å². The number of aliphatic carboxylic acids is 1. The molecule has 0 aliphatic heterocycles. The van der Waals surface area contributed by atoms with Crippen LogP contribution < -0.4 is 0 Å². The quantitative estimate of drug-likeness (QED) is 0.805. The van der Waals surface area contributed by atoms with Crippen molar-refractivity contribution in [1.29, 1.82) is 0 Å². The van der Waals surface area contributed by atoms with E-state index in [1.807, 2.05) is 6.07 Å². The second kappa shape index (κ2) is 8.05. The van der Waals surface area contributed by atoms with Crippen molar-refractivity contribution in [1.82, 2.24) is 4.90 Å². The molecule has 1 fully saturated rings. The molecule has 1 aliphatic rings. The summed E-state index contributed by atoms with van der Waals surface area (Å²) in [4.78, 5) is 13.3. The number of benzene rings is 1. The van der Waals surface area contributed by atoms with Gasteiger partial charge in [-0.2, -0.15) is 0 Å². The predicted octanol–water partition coefficient (Wildman–Crippen LogP) is 3.69. The average Bonchev–Trinajstić information content (AvgIpc) is 2.73. The highest BCUT2D eigenvalue weighted by atomic mass is 16.4. The van der Waals surface area contributed by atoms with E-state index < -0.39 is 5.97 Å². The molecule has 1 aromatic carbocycles. The molecule has 0 saturated heterocycles. The van der Waals surface area contributed by atoms with Gasteiger partial charge in [0.1, 0.15) is 0 Å². The van der Waals surface area contributed by atoms with Crippen LogP contribution in [0, 0.1) is 0 Å². The van der Waals surface area contributed by atoms with Crippen LogP contribution in [-0.4, -0.2) is 28.6 Å². The van der Waals surface area contributed by atoms with Crippen molar-refractivity contribution in [2.45, 2.75) is 57.5 Å². The number of rotatable bonds is 6. The fourth-order valence-electron chi connectivity index (χ4n) is 3.07. The van der Waals surface area contributed by atoms with Gasteiger partial charge in [0.05, 0.1) is 6.42 Å². The molecule has 0 unspecified atom stereocenters. The molecule has 1 saturated carbocycles. The number of carbonyl (C=O) groups is 1. The first kappa shape index (κ1) is 15.0. The second-order valence-electron chi connectivity index (χ2n) is 5.75. The summed E-state index contributed by atoms with van der Waals surface area (Å²) in [7, 11) is 0. The van der Waals surface area contributed by atoms with Crippen LogP contribution in [0.1, 0.15) is 50.5 Å². The summed E-state index contributed by atoms with van der Waals surface area (Å²) in [6.07, 6.45) is 7.89. The van der Waals surface area contributed by atoms with Crippen molar-refractivity contribution >= 4 is 5.97 Å². The first-order valence-corrected chi connectivity index (χ1v) is 7.75. The van der Waals surface area contributed by atoms with Gasteiger partial charge in [0.25, 0.3) is 0 Å². The third-order valence-corrected chi connectivity index (χ3v) is 4.18. The monoisotopic (exact) mass is 275 g/mol. The van der Waals surface area contributed by atoms with Crippen LogP contribution in [-0.2, 0) is 11.3 Å². The standard InChI is InChI=1S/C17H25NO2/c19-17(20)12-13-18(14-15-8-4-3-5-9-15)16-10-6-1-2-7-11-16/h3-5,8-9,16H,1-2,6-7,10-14H2,(H,19,20). The molecule has 0 amide bonds. The summed E-state index contributed by atoms with van der Waals surface area (Å²) in [6, 6.07) is 10.9. The van der Waals surface area contributed by atoms with Crippen LogP contribution in [0.2, 0.25) is 0 Å². The highest BCUT2D eigenvalue weighted by Gasteiger charge is 2.20. The molecule has 2 rings (SSSR count). The number of carboxylic acids is 1. The molecular weight excluding hydrogens is 250 g/mol. The zero-order valence-corrected chi connectivity index (χ0v) is 12.1. The first-order valence-electron chi connectivity index (χ1n) is 7.75. The van der Waals surface area contributed by atoms with Gasteiger partial charge in [0.15, 0.2) is 0 Å². The molecule has 0 bridgehead atoms. The summed E-state index contributed by atoms with van der Waals surface area (Å²) in [5.74, 6) is -0.698. The van der Waals surface area contributed by atoms with Crippen molar-refractivity contribution in [2.75, 3.05) is 6.54 Å². The van der Waals surface area contributed by atoms with Gasteiger partial charge in [-0.1, -0.05) is 56.0 Å². The maximum Gasteiger partial charge on any atom is 0.304 e. The fourth-order valence-corrected chi connectivity index (χ4v) is 3.07. The molecule has 20 heavy (non-hydrogen) atoms. The highest BCUT2D eigenvalue weighted by molar-refractivity contribution is 5.66. The molecule has 110 valence electrons. The Morgan fingerprint density at radius 1 is 1.10 bits per heavy atom. The number of carboxylic acid groups (broad SMARTS) is 1. The maximum atomic E-state index is 10.9. The molecule has 0 aromatic heterocycles. The molecule has 1 aromatic rings. The minimum Gasteiger partial charge on any atom is -0.481 e. The molecule has 1 N–H and O–H groups in total. The highest BCUT2D eigenvalue weighted by Crippen LogP contribution is 2.23. The van der Waals surface area contributed by atoms with Crippen molar-refractivity contribution in [3.63, 3.8) is 0 Å². The Balaban J connectivity index is 2.00. The Kier molecular flexibility index (Phi) is 6.06. The van der Waals surface area contributed by atoms with Gasteiger partial charge in [-0.15, -0.1) is 0 Å². The lowest BCUT2D eigenvalue weighted by Crippen LogP contribution is -2.36. The van der Waals surface area contributed by atoms with Crippen molar-refractivity contribution in [2.24, 2.45) is 0 Å². The third kappa shape index (κ3) is 4.97. The topological polar surface area (TPSA) is 40.5 Å². The third-order valence-electron chi connectivity index (χ3n) is 4.18. The van der Waals surface area contributed by atoms with Gasteiger partial charge in [-0.05, 0) is 18.4 Å². The first-order chi connectivity index (χ1) is 9.75. The Morgan fingerprint density at radius 3 is 2.35 bits per heavy atom. The van der Waals surface area contributed by atoms with E-state index in [2.05, 4.69) is 29.2 Å². The van der Waals surface area contributed by atoms with E-state index in [0.717, 1.165) is 6.54 Å². The summed E-state index contributed by atoms with van der Waals surface area (Å²) in [6.45, 7) is 1.54. The minimum atomic E-state index is -0.698. The number of hydrogen-bond acceptors (Lipinski definition) is 2. The Labute approximate surface area is 121 Å². The molecule has 0 heterocycles. The van der Waals surface area contributed by atoms with Gasteiger partial charge in [0, 0.05) is 19.1 Å². The number of hydrogen-bond donors (Lipinski definition) is 1. The lowest BCUT2D eigenvalue weighted by atomic mass is 10.1. The largest absolute Gasteiger partial charge is 0.481 e.